The smallest absolute Gasteiger partial charge is 0.338 e. The van der Waals surface area contributed by atoms with Gasteiger partial charge in [0.05, 0.1) is 42.6 Å². The van der Waals surface area contributed by atoms with Gasteiger partial charge in [-0.15, -0.1) is 0 Å². The summed E-state index contributed by atoms with van der Waals surface area (Å²) in [6.07, 6.45) is 0. The molecule has 7 nitrogen and oxygen atoms in total. The number of methoxy groups -OCH3 is 3. The van der Waals surface area contributed by atoms with E-state index in [0.717, 1.165) is 0 Å². The Morgan fingerprint density at radius 3 is 2.00 bits per heavy atom. The molecule has 27 heavy (non-hydrogen) atoms. The van der Waals surface area contributed by atoms with Gasteiger partial charge in [-0.1, -0.05) is 29.3 Å². The second kappa shape index (κ2) is 9.34. The molecular formula is C18H17Cl2NO6. The van der Waals surface area contributed by atoms with Crippen LogP contribution in [0.3, 0.4) is 0 Å². The Morgan fingerprint density at radius 1 is 0.963 bits per heavy atom. The molecule has 0 heterocycles. The SMILES string of the molecule is COc1cc(C(=O)OCC(=O)Nc2c(Cl)cccc2Cl)cc(OC)c1OC. The minimum atomic E-state index is -0.741. The Kier molecular flexibility index (Phi) is 7.15. The maximum atomic E-state index is 12.3. The van der Waals surface area contributed by atoms with E-state index < -0.39 is 18.5 Å². The number of halogens is 2. The summed E-state index contributed by atoms with van der Waals surface area (Å²) in [5, 5.41) is 3.04. The van der Waals surface area contributed by atoms with Gasteiger partial charge in [-0.2, -0.15) is 0 Å². The van der Waals surface area contributed by atoms with Crippen LogP contribution in [0, 0.1) is 0 Å². The van der Waals surface area contributed by atoms with E-state index in [-0.39, 0.29) is 32.8 Å². The summed E-state index contributed by atoms with van der Waals surface area (Å²) >= 11 is 12.0. The van der Waals surface area contributed by atoms with Crippen LogP contribution in [0.4, 0.5) is 5.69 Å². The molecule has 2 rings (SSSR count). The number of amides is 1. The van der Waals surface area contributed by atoms with Crippen LogP contribution in [0.5, 0.6) is 17.2 Å². The molecule has 0 radical (unpaired) electrons. The first kappa shape index (κ1) is 20.7. The number of hydrogen-bond acceptors (Lipinski definition) is 6. The van der Waals surface area contributed by atoms with Crippen molar-refractivity contribution in [1.29, 1.82) is 0 Å². The number of para-hydroxylation sites is 1. The van der Waals surface area contributed by atoms with Crippen molar-refractivity contribution < 1.29 is 28.5 Å². The molecule has 2 aromatic carbocycles. The van der Waals surface area contributed by atoms with E-state index in [2.05, 4.69) is 5.32 Å². The largest absolute Gasteiger partial charge is 0.493 e. The number of esters is 1. The van der Waals surface area contributed by atoms with Gasteiger partial charge in [-0.3, -0.25) is 4.79 Å². The Hall–Kier alpha value is -2.64. The zero-order valence-corrected chi connectivity index (χ0v) is 16.3. The predicted molar refractivity (Wildman–Crippen MR) is 101 cm³/mol. The lowest BCUT2D eigenvalue weighted by Crippen LogP contribution is -2.21. The summed E-state index contributed by atoms with van der Waals surface area (Å²) in [7, 11) is 4.29. The van der Waals surface area contributed by atoms with Crippen LogP contribution in [0.15, 0.2) is 30.3 Å². The van der Waals surface area contributed by atoms with E-state index in [4.69, 9.17) is 42.1 Å². The van der Waals surface area contributed by atoms with Crippen molar-refractivity contribution in [1.82, 2.24) is 0 Å². The average molecular weight is 414 g/mol. The van der Waals surface area contributed by atoms with Crippen LogP contribution in [0.2, 0.25) is 10.0 Å². The molecule has 144 valence electrons. The number of carbonyl (C=O) groups excluding carboxylic acids is 2. The molecule has 2 aromatic rings. The summed E-state index contributed by atoms with van der Waals surface area (Å²) in [5.41, 5.74) is 0.378. The third-order valence-corrected chi connectivity index (χ3v) is 4.09. The van der Waals surface area contributed by atoms with Gasteiger partial charge in [0.1, 0.15) is 0 Å². The van der Waals surface area contributed by atoms with Crippen molar-refractivity contribution in [2.45, 2.75) is 0 Å². The van der Waals surface area contributed by atoms with Crippen LogP contribution in [-0.4, -0.2) is 39.8 Å². The number of rotatable bonds is 7. The highest BCUT2D eigenvalue weighted by molar-refractivity contribution is 6.39. The zero-order valence-electron chi connectivity index (χ0n) is 14.8. The maximum absolute atomic E-state index is 12.3. The van der Waals surface area contributed by atoms with Crippen molar-refractivity contribution in [3.05, 3.63) is 45.9 Å². The van der Waals surface area contributed by atoms with Crippen molar-refractivity contribution in [2.24, 2.45) is 0 Å². The average Bonchev–Trinajstić information content (AvgIpc) is 2.67. The third kappa shape index (κ3) is 4.96. The summed E-state index contributed by atoms with van der Waals surface area (Å²) < 4.78 is 20.6. The first-order chi connectivity index (χ1) is 12.9. The Balaban J connectivity index is 2.08. The topological polar surface area (TPSA) is 83.1 Å². The monoisotopic (exact) mass is 413 g/mol. The molecule has 0 bridgehead atoms. The Morgan fingerprint density at radius 2 is 1.52 bits per heavy atom. The van der Waals surface area contributed by atoms with Gasteiger partial charge >= 0.3 is 5.97 Å². The third-order valence-electron chi connectivity index (χ3n) is 3.46. The molecule has 0 spiro atoms. The van der Waals surface area contributed by atoms with Crippen LogP contribution in [-0.2, 0) is 9.53 Å². The molecule has 0 saturated heterocycles. The van der Waals surface area contributed by atoms with Crippen molar-refractivity contribution in [3.63, 3.8) is 0 Å². The second-order valence-corrected chi connectivity index (χ2v) is 5.95. The molecule has 9 heteroatoms. The fraction of sp³-hybridized carbons (Fsp3) is 0.222. The van der Waals surface area contributed by atoms with E-state index in [1.54, 1.807) is 18.2 Å². The first-order valence-electron chi connectivity index (χ1n) is 7.62. The molecule has 0 aromatic heterocycles. The summed E-state index contributed by atoms with van der Waals surface area (Å²) in [6.45, 7) is -0.531. The summed E-state index contributed by atoms with van der Waals surface area (Å²) in [5.74, 6) is -0.421. The van der Waals surface area contributed by atoms with E-state index in [1.807, 2.05) is 0 Å². The van der Waals surface area contributed by atoms with Crippen LogP contribution in [0.1, 0.15) is 10.4 Å². The highest BCUT2D eigenvalue weighted by atomic mass is 35.5. The van der Waals surface area contributed by atoms with Gasteiger partial charge in [0.2, 0.25) is 5.75 Å². The first-order valence-corrected chi connectivity index (χ1v) is 8.37. The number of hydrogen-bond donors (Lipinski definition) is 1. The van der Waals surface area contributed by atoms with Crippen LogP contribution < -0.4 is 19.5 Å². The van der Waals surface area contributed by atoms with E-state index in [0.29, 0.717) is 5.75 Å². The molecule has 0 aliphatic heterocycles. The standard InChI is InChI=1S/C18H17Cl2NO6/c1-24-13-7-10(8-14(25-2)17(13)26-3)18(23)27-9-15(22)21-16-11(19)5-4-6-12(16)20/h4-8H,9H2,1-3H3,(H,21,22). The number of nitrogens with one attached hydrogen (secondary N) is 1. The van der Waals surface area contributed by atoms with Crippen molar-refractivity contribution in [2.75, 3.05) is 33.3 Å². The minimum Gasteiger partial charge on any atom is -0.493 e. The fourth-order valence-corrected chi connectivity index (χ4v) is 2.70. The summed E-state index contributed by atoms with van der Waals surface area (Å²) in [4.78, 5) is 24.3. The predicted octanol–water partition coefficient (Wildman–Crippen LogP) is 3.81. The number of benzene rings is 2. The Bertz CT molecular complexity index is 810. The molecule has 1 amide bonds. The molecule has 0 aliphatic rings. The van der Waals surface area contributed by atoms with Gasteiger partial charge in [0, 0.05) is 0 Å². The molecule has 0 unspecified atom stereocenters. The minimum absolute atomic E-state index is 0.132. The van der Waals surface area contributed by atoms with Crippen LogP contribution >= 0.6 is 23.2 Å². The fourth-order valence-electron chi connectivity index (χ4n) is 2.21. The van der Waals surface area contributed by atoms with Crippen molar-refractivity contribution >= 4 is 40.8 Å². The van der Waals surface area contributed by atoms with Gasteiger partial charge in [-0.05, 0) is 24.3 Å². The number of anilines is 1. The number of carbonyl (C=O) groups is 2. The zero-order chi connectivity index (χ0) is 20.0. The molecule has 0 fully saturated rings. The van der Waals surface area contributed by atoms with Gasteiger partial charge in [0.15, 0.2) is 18.1 Å². The van der Waals surface area contributed by atoms with Gasteiger partial charge < -0.3 is 24.3 Å². The quantitative estimate of drug-likeness (QED) is 0.694. The molecule has 0 atom stereocenters. The van der Waals surface area contributed by atoms with E-state index in [9.17, 15) is 9.59 Å². The highest BCUT2D eigenvalue weighted by Crippen LogP contribution is 2.38. The lowest BCUT2D eigenvalue weighted by atomic mass is 10.2. The van der Waals surface area contributed by atoms with Gasteiger partial charge in [0.25, 0.3) is 5.91 Å². The molecule has 0 aliphatic carbocycles. The lowest BCUT2D eigenvalue weighted by molar-refractivity contribution is -0.119. The van der Waals surface area contributed by atoms with E-state index >= 15 is 0 Å². The van der Waals surface area contributed by atoms with Gasteiger partial charge in [-0.25, -0.2) is 4.79 Å². The Labute approximate surface area is 166 Å². The normalized spacial score (nSPS) is 10.1. The molecule has 1 N–H and O–H groups in total. The second-order valence-electron chi connectivity index (χ2n) is 5.13. The van der Waals surface area contributed by atoms with E-state index in [1.165, 1.54) is 33.5 Å². The molecular weight excluding hydrogens is 397 g/mol. The van der Waals surface area contributed by atoms with Crippen LogP contribution in [0.25, 0.3) is 0 Å². The molecule has 0 saturated carbocycles. The highest BCUT2D eigenvalue weighted by Gasteiger charge is 2.19. The maximum Gasteiger partial charge on any atom is 0.338 e. The van der Waals surface area contributed by atoms with Crippen molar-refractivity contribution in [3.8, 4) is 17.2 Å². The number of ether oxygens (including phenoxy) is 4. The summed E-state index contributed by atoms with van der Waals surface area (Å²) in [6, 6.07) is 7.64. The lowest BCUT2D eigenvalue weighted by Gasteiger charge is -2.14.